The van der Waals surface area contributed by atoms with Crippen LogP contribution in [0.15, 0.2) is 30.3 Å². The highest BCUT2D eigenvalue weighted by atomic mass is 16.5. The lowest BCUT2D eigenvalue weighted by Crippen LogP contribution is -2.17. The number of rotatable bonds is 3. The molecule has 0 aliphatic rings. The third kappa shape index (κ3) is 3.60. The van der Waals surface area contributed by atoms with Gasteiger partial charge in [-0.1, -0.05) is 30.3 Å². The van der Waals surface area contributed by atoms with Crippen LogP contribution in [-0.4, -0.2) is 19.7 Å². The van der Waals surface area contributed by atoms with E-state index in [1.807, 2.05) is 30.3 Å². The van der Waals surface area contributed by atoms with Crippen molar-refractivity contribution in [1.29, 1.82) is 0 Å². The Bertz CT molecular complexity index is 259. The molecule has 0 aliphatic carbocycles. The van der Waals surface area contributed by atoms with Crippen LogP contribution in [0.25, 0.3) is 0 Å². The molecular weight excluding hydrogens is 166 g/mol. The molecule has 0 spiro atoms. The topological polar surface area (TPSA) is 40.4 Å². The van der Waals surface area contributed by atoms with E-state index in [2.05, 4.69) is 10.1 Å². The van der Waals surface area contributed by atoms with Crippen molar-refractivity contribution in [2.24, 2.45) is 0 Å². The summed E-state index contributed by atoms with van der Waals surface area (Å²) >= 11 is 0. The van der Waals surface area contributed by atoms with Crippen LogP contribution in [-0.2, 0) is 11.2 Å². The monoisotopic (exact) mass is 178 g/mol. The summed E-state index contributed by atoms with van der Waals surface area (Å²) in [5.41, 5.74) is 1.18. The van der Waals surface area contributed by atoms with E-state index in [1.54, 1.807) is 0 Å². The molecule has 0 fully saturated rings. The highest BCUT2D eigenvalue weighted by Crippen LogP contribution is 1.98. The number of amides is 1. The van der Waals surface area contributed by atoms with Crippen molar-refractivity contribution in [3.63, 3.8) is 0 Å². The molecule has 0 N–H and O–H groups in total. The predicted molar refractivity (Wildman–Crippen MR) is 49.6 cm³/mol. The fraction of sp³-hybridized carbons (Fsp3) is 0.300. The summed E-state index contributed by atoms with van der Waals surface area (Å²) in [7, 11) is 1.33. The van der Waals surface area contributed by atoms with Crippen LogP contribution in [0.4, 0.5) is 4.79 Å². The van der Waals surface area contributed by atoms with Crippen LogP contribution in [0.1, 0.15) is 5.56 Å². The van der Waals surface area contributed by atoms with Gasteiger partial charge in [0.1, 0.15) is 0 Å². The summed E-state index contributed by atoms with van der Waals surface area (Å²) < 4.78 is 4.38. The molecule has 1 rings (SSSR count). The zero-order valence-corrected chi connectivity index (χ0v) is 7.56. The van der Waals surface area contributed by atoms with Gasteiger partial charge in [-0.2, -0.15) is 0 Å². The smallest absolute Gasteiger partial charge is 0.428 e. The Morgan fingerprint density at radius 2 is 2.08 bits per heavy atom. The number of hydrogen-bond acceptors (Lipinski definition) is 2. The molecule has 0 bridgehead atoms. The van der Waals surface area contributed by atoms with Gasteiger partial charge in [0, 0.05) is 0 Å². The summed E-state index contributed by atoms with van der Waals surface area (Å²) in [6, 6.07) is 9.90. The minimum absolute atomic E-state index is 0.483. The molecule has 0 saturated heterocycles. The van der Waals surface area contributed by atoms with Gasteiger partial charge in [-0.3, -0.25) is 0 Å². The first-order valence-electron chi connectivity index (χ1n) is 4.12. The fourth-order valence-corrected chi connectivity index (χ4v) is 0.986. The van der Waals surface area contributed by atoms with E-state index in [9.17, 15) is 4.79 Å². The molecule has 3 nitrogen and oxygen atoms in total. The van der Waals surface area contributed by atoms with E-state index in [4.69, 9.17) is 0 Å². The van der Waals surface area contributed by atoms with Crippen molar-refractivity contribution in [3.05, 3.63) is 35.9 Å². The van der Waals surface area contributed by atoms with Crippen LogP contribution >= 0.6 is 0 Å². The van der Waals surface area contributed by atoms with Gasteiger partial charge in [0.25, 0.3) is 0 Å². The summed E-state index contributed by atoms with van der Waals surface area (Å²) in [5, 5.41) is 3.68. The Labute approximate surface area is 77.7 Å². The Hall–Kier alpha value is -1.51. The van der Waals surface area contributed by atoms with Gasteiger partial charge in [-0.15, -0.1) is 0 Å². The second-order valence-electron chi connectivity index (χ2n) is 2.59. The molecule has 13 heavy (non-hydrogen) atoms. The lowest BCUT2D eigenvalue weighted by molar-refractivity contribution is 0.170. The molecule has 69 valence electrons. The van der Waals surface area contributed by atoms with E-state index >= 15 is 0 Å². The van der Waals surface area contributed by atoms with E-state index < -0.39 is 6.09 Å². The average molecular weight is 178 g/mol. The van der Waals surface area contributed by atoms with Crippen molar-refractivity contribution in [3.8, 4) is 0 Å². The predicted octanol–water partition coefficient (Wildman–Crippen LogP) is 1.60. The van der Waals surface area contributed by atoms with Crippen LogP contribution in [0.3, 0.4) is 0 Å². The molecule has 0 saturated carbocycles. The van der Waals surface area contributed by atoms with E-state index in [0.717, 1.165) is 6.42 Å². The van der Waals surface area contributed by atoms with Gasteiger partial charge in [0.15, 0.2) is 0 Å². The van der Waals surface area contributed by atoms with E-state index in [1.165, 1.54) is 12.7 Å². The zero-order chi connectivity index (χ0) is 9.52. The molecule has 1 radical (unpaired) electrons. The number of methoxy groups -OCH3 is 1. The second-order valence-corrected chi connectivity index (χ2v) is 2.59. The van der Waals surface area contributed by atoms with E-state index in [0.29, 0.717) is 6.54 Å². The molecule has 0 aliphatic heterocycles. The standard InChI is InChI=1S/C10H12NO2/c1-13-10(12)11-8-7-9-5-3-2-4-6-9/h2-6H,7-8H2,1H3. The van der Waals surface area contributed by atoms with Crippen LogP contribution in [0, 0.1) is 0 Å². The quantitative estimate of drug-likeness (QED) is 0.705. The van der Waals surface area contributed by atoms with Gasteiger partial charge >= 0.3 is 6.09 Å². The third-order valence-corrected chi connectivity index (χ3v) is 1.66. The number of hydrogen-bond donors (Lipinski definition) is 0. The minimum atomic E-state index is -0.504. The van der Waals surface area contributed by atoms with E-state index in [-0.39, 0.29) is 0 Å². The van der Waals surface area contributed by atoms with Crippen molar-refractivity contribution in [1.82, 2.24) is 5.32 Å². The molecule has 0 unspecified atom stereocenters. The molecule has 1 aromatic carbocycles. The largest absolute Gasteiger partial charge is 0.452 e. The number of carbonyl (C=O) groups excluding carboxylic acids is 1. The zero-order valence-electron chi connectivity index (χ0n) is 7.56. The Kier molecular flexibility index (Phi) is 3.82. The van der Waals surface area contributed by atoms with Crippen molar-refractivity contribution < 1.29 is 9.53 Å². The van der Waals surface area contributed by atoms with Crippen LogP contribution < -0.4 is 5.32 Å². The average Bonchev–Trinajstić information content (AvgIpc) is 2.19. The van der Waals surface area contributed by atoms with Crippen molar-refractivity contribution >= 4 is 6.09 Å². The molecule has 0 atom stereocenters. The first-order chi connectivity index (χ1) is 6.33. The number of carbonyl (C=O) groups is 1. The lowest BCUT2D eigenvalue weighted by atomic mass is 10.1. The highest BCUT2D eigenvalue weighted by Gasteiger charge is 1.99. The number of nitrogens with zero attached hydrogens (tertiary/aromatic N) is 1. The first kappa shape index (κ1) is 9.58. The highest BCUT2D eigenvalue weighted by molar-refractivity contribution is 5.66. The SMILES string of the molecule is COC(=O)[N]CCc1ccccc1. The molecule has 1 amide bonds. The first-order valence-corrected chi connectivity index (χ1v) is 4.12. The third-order valence-electron chi connectivity index (χ3n) is 1.66. The summed E-state index contributed by atoms with van der Waals surface area (Å²) in [6.45, 7) is 0.483. The van der Waals surface area contributed by atoms with Crippen LogP contribution in [0.2, 0.25) is 0 Å². The number of benzene rings is 1. The Morgan fingerprint density at radius 3 is 2.69 bits per heavy atom. The lowest BCUT2D eigenvalue weighted by Gasteiger charge is -2.00. The van der Waals surface area contributed by atoms with Gasteiger partial charge in [0.05, 0.1) is 13.7 Å². The van der Waals surface area contributed by atoms with Gasteiger partial charge in [0.2, 0.25) is 0 Å². The summed E-state index contributed by atoms with van der Waals surface area (Å²) in [6.07, 6.45) is 0.270. The maximum absolute atomic E-state index is 10.6. The molecular formula is C10H12NO2. The van der Waals surface area contributed by atoms with Crippen molar-refractivity contribution in [2.75, 3.05) is 13.7 Å². The maximum Gasteiger partial charge on any atom is 0.428 e. The molecule has 0 aromatic heterocycles. The summed E-state index contributed by atoms with van der Waals surface area (Å²) in [5.74, 6) is 0. The van der Waals surface area contributed by atoms with Crippen molar-refractivity contribution in [2.45, 2.75) is 6.42 Å². The summed E-state index contributed by atoms with van der Waals surface area (Å²) in [4.78, 5) is 10.6. The normalized spacial score (nSPS) is 9.31. The number of ether oxygens (including phenoxy) is 1. The molecule has 3 heteroatoms. The Balaban J connectivity index is 2.24. The van der Waals surface area contributed by atoms with Gasteiger partial charge < -0.3 is 4.74 Å². The fourth-order valence-electron chi connectivity index (χ4n) is 0.986. The Morgan fingerprint density at radius 1 is 1.38 bits per heavy atom. The van der Waals surface area contributed by atoms with Gasteiger partial charge in [-0.05, 0) is 12.0 Å². The maximum atomic E-state index is 10.6. The van der Waals surface area contributed by atoms with Crippen LogP contribution in [0.5, 0.6) is 0 Å². The minimum Gasteiger partial charge on any atom is -0.452 e. The van der Waals surface area contributed by atoms with Gasteiger partial charge in [-0.25, -0.2) is 10.1 Å². The molecule has 1 aromatic rings. The molecule has 0 heterocycles. The second kappa shape index (κ2) is 5.19.